The molecule has 3 nitrogen and oxygen atoms in total. The van der Waals surface area contributed by atoms with Crippen LogP contribution in [0.4, 0.5) is 0 Å². The summed E-state index contributed by atoms with van der Waals surface area (Å²) in [6.07, 6.45) is 2.70. The van der Waals surface area contributed by atoms with Gasteiger partial charge in [-0.05, 0) is 37.9 Å². The van der Waals surface area contributed by atoms with Gasteiger partial charge in [-0.25, -0.2) is 0 Å². The van der Waals surface area contributed by atoms with Crippen LogP contribution in [0, 0.1) is 5.92 Å². The molecule has 1 N–H and O–H groups in total. The highest BCUT2D eigenvalue weighted by Crippen LogP contribution is 2.25. The minimum atomic E-state index is -0.195. The lowest BCUT2D eigenvalue weighted by atomic mass is 9.94. The lowest BCUT2D eigenvalue weighted by molar-refractivity contribution is 0.0121. The average Bonchev–Trinajstić information content (AvgIpc) is 2.33. The number of piperidine rings is 1. The summed E-state index contributed by atoms with van der Waals surface area (Å²) in [4.78, 5) is 6.69. The van der Waals surface area contributed by atoms with Crippen molar-refractivity contribution in [2.24, 2.45) is 5.92 Å². The molecule has 1 aromatic heterocycles. The number of pyridine rings is 1. The third-order valence-electron chi connectivity index (χ3n) is 3.61. The summed E-state index contributed by atoms with van der Waals surface area (Å²) in [5.74, 6) is 0.423. The zero-order valence-electron chi connectivity index (χ0n) is 10.0. The third kappa shape index (κ3) is 2.42. The molecule has 3 atom stereocenters. The number of aliphatic hydroxyl groups is 1. The van der Waals surface area contributed by atoms with Crippen molar-refractivity contribution in [1.82, 2.24) is 9.88 Å². The molecule has 1 fully saturated rings. The fourth-order valence-electron chi connectivity index (χ4n) is 2.24. The molecule has 0 spiro atoms. The van der Waals surface area contributed by atoms with Gasteiger partial charge in [0.25, 0.3) is 0 Å². The largest absolute Gasteiger partial charge is 0.392 e. The maximum Gasteiger partial charge on any atom is 0.0693 e. The molecule has 0 amide bonds. The summed E-state index contributed by atoms with van der Waals surface area (Å²) in [6.45, 7) is 6.09. The van der Waals surface area contributed by atoms with Crippen molar-refractivity contribution in [3.05, 3.63) is 30.1 Å². The zero-order chi connectivity index (χ0) is 11.5. The first-order chi connectivity index (χ1) is 7.68. The maximum absolute atomic E-state index is 9.88. The van der Waals surface area contributed by atoms with Gasteiger partial charge < -0.3 is 5.11 Å². The number of β-amino-alcohol motifs (C(OH)–C–C–N with tert-alkyl or cyclic N) is 1. The SMILES string of the molecule is CC1CCN(C(C)c2ccccn2)CC1O. The van der Waals surface area contributed by atoms with Crippen LogP contribution in [-0.4, -0.2) is 34.2 Å². The second kappa shape index (κ2) is 4.93. The van der Waals surface area contributed by atoms with E-state index in [1.165, 1.54) is 0 Å². The van der Waals surface area contributed by atoms with Crippen LogP contribution in [0.3, 0.4) is 0 Å². The predicted octanol–water partition coefficient (Wildman–Crippen LogP) is 1.85. The lowest BCUT2D eigenvalue weighted by Crippen LogP contribution is -2.44. The standard InChI is InChI=1S/C13H20N2O/c1-10-6-8-15(9-13(10)16)11(2)12-5-3-4-7-14-12/h3-5,7,10-11,13,16H,6,8-9H2,1-2H3. The van der Waals surface area contributed by atoms with Gasteiger partial charge in [-0.15, -0.1) is 0 Å². The number of hydrogen-bond acceptors (Lipinski definition) is 3. The number of aliphatic hydroxyl groups excluding tert-OH is 1. The molecule has 88 valence electrons. The second-order valence-electron chi connectivity index (χ2n) is 4.76. The van der Waals surface area contributed by atoms with E-state index >= 15 is 0 Å². The van der Waals surface area contributed by atoms with Crippen LogP contribution in [0.25, 0.3) is 0 Å². The van der Waals surface area contributed by atoms with E-state index in [4.69, 9.17) is 0 Å². The summed E-state index contributed by atoms with van der Waals surface area (Å²) >= 11 is 0. The molecule has 3 unspecified atom stereocenters. The molecule has 0 saturated carbocycles. The van der Waals surface area contributed by atoms with E-state index in [0.717, 1.165) is 25.2 Å². The Morgan fingerprint density at radius 2 is 2.31 bits per heavy atom. The molecule has 0 bridgehead atoms. The highest BCUT2D eigenvalue weighted by Gasteiger charge is 2.27. The fourth-order valence-corrected chi connectivity index (χ4v) is 2.24. The van der Waals surface area contributed by atoms with E-state index < -0.39 is 0 Å². The van der Waals surface area contributed by atoms with Gasteiger partial charge in [-0.2, -0.15) is 0 Å². The Morgan fingerprint density at radius 1 is 1.50 bits per heavy atom. The molecule has 3 heteroatoms. The van der Waals surface area contributed by atoms with E-state index in [9.17, 15) is 5.11 Å². The molecule has 0 aliphatic carbocycles. The summed E-state index contributed by atoms with van der Waals surface area (Å²) in [6, 6.07) is 6.30. The highest BCUT2D eigenvalue weighted by atomic mass is 16.3. The first-order valence-corrected chi connectivity index (χ1v) is 6.01. The van der Waals surface area contributed by atoms with Crippen molar-refractivity contribution < 1.29 is 5.11 Å². The highest BCUT2D eigenvalue weighted by molar-refractivity contribution is 5.08. The van der Waals surface area contributed by atoms with Crippen molar-refractivity contribution in [3.63, 3.8) is 0 Å². The Bertz CT molecular complexity index is 328. The minimum absolute atomic E-state index is 0.195. The van der Waals surface area contributed by atoms with Crippen molar-refractivity contribution in [1.29, 1.82) is 0 Å². The number of aromatic nitrogens is 1. The summed E-state index contributed by atoms with van der Waals surface area (Å²) in [5, 5.41) is 9.88. The van der Waals surface area contributed by atoms with Gasteiger partial charge in [0.1, 0.15) is 0 Å². The molecular weight excluding hydrogens is 200 g/mol. The molecule has 1 saturated heterocycles. The Balaban J connectivity index is 2.03. The predicted molar refractivity (Wildman–Crippen MR) is 64.0 cm³/mol. The van der Waals surface area contributed by atoms with Gasteiger partial charge in [0.15, 0.2) is 0 Å². The molecule has 1 aromatic rings. The lowest BCUT2D eigenvalue weighted by Gasteiger charge is -2.37. The summed E-state index contributed by atoms with van der Waals surface area (Å²) < 4.78 is 0. The van der Waals surface area contributed by atoms with Gasteiger partial charge in [0.05, 0.1) is 11.8 Å². The third-order valence-corrected chi connectivity index (χ3v) is 3.61. The van der Waals surface area contributed by atoms with Crippen LogP contribution < -0.4 is 0 Å². The van der Waals surface area contributed by atoms with Gasteiger partial charge in [-0.1, -0.05) is 13.0 Å². The molecule has 0 radical (unpaired) electrons. The molecule has 2 heterocycles. The van der Waals surface area contributed by atoms with Gasteiger partial charge >= 0.3 is 0 Å². The maximum atomic E-state index is 9.88. The second-order valence-corrected chi connectivity index (χ2v) is 4.76. The molecule has 2 rings (SSSR count). The quantitative estimate of drug-likeness (QED) is 0.826. The molecule has 1 aliphatic rings. The first kappa shape index (κ1) is 11.6. The summed E-state index contributed by atoms with van der Waals surface area (Å²) in [5.41, 5.74) is 1.09. The zero-order valence-corrected chi connectivity index (χ0v) is 10.0. The number of nitrogens with zero attached hydrogens (tertiary/aromatic N) is 2. The van der Waals surface area contributed by atoms with Crippen molar-refractivity contribution in [2.45, 2.75) is 32.4 Å². The first-order valence-electron chi connectivity index (χ1n) is 6.01. The Labute approximate surface area is 97.1 Å². The van der Waals surface area contributed by atoms with Crippen LogP contribution in [0.2, 0.25) is 0 Å². The fraction of sp³-hybridized carbons (Fsp3) is 0.615. The normalized spacial score (nSPS) is 28.9. The molecule has 16 heavy (non-hydrogen) atoms. The summed E-state index contributed by atoms with van der Waals surface area (Å²) in [7, 11) is 0. The Hall–Kier alpha value is -0.930. The Kier molecular flexibility index (Phi) is 3.56. The van der Waals surface area contributed by atoms with Crippen LogP contribution >= 0.6 is 0 Å². The Morgan fingerprint density at radius 3 is 2.94 bits per heavy atom. The van der Waals surface area contributed by atoms with E-state index in [2.05, 4.69) is 29.8 Å². The van der Waals surface area contributed by atoms with Gasteiger partial charge in [0, 0.05) is 18.8 Å². The van der Waals surface area contributed by atoms with Crippen molar-refractivity contribution in [3.8, 4) is 0 Å². The average molecular weight is 220 g/mol. The molecule has 0 aromatic carbocycles. The molecular formula is C13H20N2O. The monoisotopic (exact) mass is 220 g/mol. The van der Waals surface area contributed by atoms with Crippen molar-refractivity contribution >= 4 is 0 Å². The van der Waals surface area contributed by atoms with Crippen LogP contribution in [0.1, 0.15) is 32.0 Å². The minimum Gasteiger partial charge on any atom is -0.392 e. The van der Waals surface area contributed by atoms with E-state index in [0.29, 0.717) is 12.0 Å². The van der Waals surface area contributed by atoms with E-state index in [1.54, 1.807) is 0 Å². The number of likely N-dealkylation sites (tertiary alicyclic amines) is 1. The van der Waals surface area contributed by atoms with Gasteiger partial charge in [-0.3, -0.25) is 9.88 Å². The van der Waals surface area contributed by atoms with E-state index in [-0.39, 0.29) is 6.10 Å². The van der Waals surface area contributed by atoms with Gasteiger partial charge in [0.2, 0.25) is 0 Å². The number of rotatable bonds is 2. The number of hydrogen-bond donors (Lipinski definition) is 1. The van der Waals surface area contributed by atoms with Crippen molar-refractivity contribution in [2.75, 3.05) is 13.1 Å². The van der Waals surface area contributed by atoms with Crippen LogP contribution in [-0.2, 0) is 0 Å². The topological polar surface area (TPSA) is 36.4 Å². The molecule has 1 aliphatic heterocycles. The van der Waals surface area contributed by atoms with Crippen LogP contribution in [0.5, 0.6) is 0 Å². The smallest absolute Gasteiger partial charge is 0.0693 e. The van der Waals surface area contributed by atoms with Crippen LogP contribution in [0.15, 0.2) is 24.4 Å². The van der Waals surface area contributed by atoms with E-state index in [1.807, 2.05) is 18.3 Å².